The van der Waals surface area contributed by atoms with Crippen LogP contribution in [0.15, 0.2) is 0 Å². The van der Waals surface area contributed by atoms with Gasteiger partial charge >= 0.3 is 0 Å². The fraction of sp³-hybridized carbons (Fsp3) is 0.909. The number of hydrogen-bond acceptors (Lipinski definition) is 3. The summed E-state index contributed by atoms with van der Waals surface area (Å²) >= 11 is 0. The lowest BCUT2D eigenvalue weighted by Gasteiger charge is -2.09. The summed E-state index contributed by atoms with van der Waals surface area (Å²) in [7, 11) is 0. The molecule has 0 aromatic carbocycles. The van der Waals surface area contributed by atoms with Crippen LogP contribution in [0.1, 0.15) is 33.6 Å². The van der Waals surface area contributed by atoms with E-state index in [1.54, 1.807) is 0 Å². The summed E-state index contributed by atoms with van der Waals surface area (Å²) < 4.78 is 5.15. The first-order valence-electron chi connectivity index (χ1n) is 5.74. The SMILES string of the molecule is CCOCCCC(=O)NCCNC(C)C. The molecule has 0 aliphatic carbocycles. The lowest BCUT2D eigenvalue weighted by Crippen LogP contribution is -2.34. The molecule has 1 amide bonds. The van der Waals surface area contributed by atoms with Crippen LogP contribution in [0.4, 0.5) is 0 Å². The Hall–Kier alpha value is -0.610. The lowest BCUT2D eigenvalue weighted by atomic mass is 10.3. The molecule has 0 heterocycles. The Kier molecular flexibility index (Phi) is 9.52. The Morgan fingerprint density at radius 3 is 2.67 bits per heavy atom. The molecule has 0 fully saturated rings. The van der Waals surface area contributed by atoms with Crippen molar-refractivity contribution >= 4 is 5.91 Å². The number of rotatable bonds is 9. The molecule has 4 nitrogen and oxygen atoms in total. The van der Waals surface area contributed by atoms with Gasteiger partial charge < -0.3 is 15.4 Å². The maximum absolute atomic E-state index is 11.3. The molecule has 0 aromatic heterocycles. The summed E-state index contributed by atoms with van der Waals surface area (Å²) in [5, 5.41) is 6.10. The van der Waals surface area contributed by atoms with E-state index in [9.17, 15) is 4.79 Å². The minimum atomic E-state index is 0.111. The van der Waals surface area contributed by atoms with E-state index in [1.807, 2.05) is 6.92 Å². The van der Waals surface area contributed by atoms with Gasteiger partial charge in [-0.15, -0.1) is 0 Å². The van der Waals surface area contributed by atoms with Gasteiger partial charge in [0.05, 0.1) is 0 Å². The molecule has 2 N–H and O–H groups in total. The van der Waals surface area contributed by atoms with Gasteiger partial charge in [-0.2, -0.15) is 0 Å². The minimum Gasteiger partial charge on any atom is -0.382 e. The Bertz CT molecular complexity index is 161. The topological polar surface area (TPSA) is 50.4 Å². The number of carbonyl (C=O) groups excluding carboxylic acids is 1. The zero-order valence-corrected chi connectivity index (χ0v) is 10.1. The first-order chi connectivity index (χ1) is 7.16. The Balaban J connectivity index is 3.19. The monoisotopic (exact) mass is 216 g/mol. The summed E-state index contributed by atoms with van der Waals surface area (Å²) in [5.41, 5.74) is 0. The smallest absolute Gasteiger partial charge is 0.220 e. The molecule has 0 radical (unpaired) electrons. The molecular formula is C11H24N2O2. The van der Waals surface area contributed by atoms with Crippen LogP contribution in [0.25, 0.3) is 0 Å². The molecule has 0 aliphatic heterocycles. The van der Waals surface area contributed by atoms with Crippen LogP contribution in [0.5, 0.6) is 0 Å². The van der Waals surface area contributed by atoms with Crippen molar-refractivity contribution in [3.63, 3.8) is 0 Å². The van der Waals surface area contributed by atoms with Crippen molar-refractivity contribution in [1.29, 1.82) is 0 Å². The van der Waals surface area contributed by atoms with Crippen LogP contribution in [-0.2, 0) is 9.53 Å². The van der Waals surface area contributed by atoms with Crippen LogP contribution in [0.3, 0.4) is 0 Å². The summed E-state index contributed by atoms with van der Waals surface area (Å²) in [6.07, 6.45) is 1.36. The highest BCUT2D eigenvalue weighted by Gasteiger charge is 1.99. The van der Waals surface area contributed by atoms with Crippen LogP contribution in [0, 0.1) is 0 Å². The lowest BCUT2D eigenvalue weighted by molar-refractivity contribution is -0.121. The summed E-state index contributed by atoms with van der Waals surface area (Å²) in [4.78, 5) is 11.3. The van der Waals surface area contributed by atoms with Crippen molar-refractivity contribution in [2.24, 2.45) is 0 Å². The van der Waals surface area contributed by atoms with E-state index in [-0.39, 0.29) is 5.91 Å². The van der Waals surface area contributed by atoms with Gasteiger partial charge in [0, 0.05) is 38.8 Å². The molecular weight excluding hydrogens is 192 g/mol. The summed E-state index contributed by atoms with van der Waals surface area (Å²) in [5.74, 6) is 0.111. The highest BCUT2D eigenvalue weighted by Crippen LogP contribution is 1.89. The fourth-order valence-electron chi connectivity index (χ4n) is 1.13. The van der Waals surface area contributed by atoms with Gasteiger partial charge in [-0.3, -0.25) is 4.79 Å². The van der Waals surface area contributed by atoms with Crippen LogP contribution in [0.2, 0.25) is 0 Å². The van der Waals surface area contributed by atoms with Crippen LogP contribution < -0.4 is 10.6 Å². The third kappa shape index (κ3) is 11.3. The van der Waals surface area contributed by atoms with E-state index >= 15 is 0 Å². The van der Waals surface area contributed by atoms with Gasteiger partial charge in [0.1, 0.15) is 0 Å². The number of amides is 1. The normalized spacial score (nSPS) is 10.7. The molecule has 0 spiro atoms. The molecule has 0 rings (SSSR count). The quantitative estimate of drug-likeness (QED) is 0.563. The van der Waals surface area contributed by atoms with Gasteiger partial charge in [0.15, 0.2) is 0 Å². The standard InChI is InChI=1S/C11H24N2O2/c1-4-15-9-5-6-11(14)13-8-7-12-10(2)3/h10,12H,4-9H2,1-3H3,(H,13,14). The predicted molar refractivity (Wildman–Crippen MR) is 61.9 cm³/mol. The third-order valence-electron chi connectivity index (χ3n) is 1.90. The maximum Gasteiger partial charge on any atom is 0.220 e. The maximum atomic E-state index is 11.3. The van der Waals surface area contributed by atoms with Crippen molar-refractivity contribution < 1.29 is 9.53 Å². The van der Waals surface area contributed by atoms with E-state index in [1.165, 1.54) is 0 Å². The van der Waals surface area contributed by atoms with Gasteiger partial charge in [0.2, 0.25) is 5.91 Å². The Morgan fingerprint density at radius 2 is 2.07 bits per heavy atom. The van der Waals surface area contributed by atoms with Gasteiger partial charge in [-0.1, -0.05) is 13.8 Å². The second-order valence-corrected chi connectivity index (χ2v) is 3.76. The number of ether oxygens (including phenoxy) is 1. The molecule has 0 atom stereocenters. The van der Waals surface area contributed by atoms with Gasteiger partial charge in [0.25, 0.3) is 0 Å². The summed E-state index contributed by atoms with van der Waals surface area (Å²) in [6.45, 7) is 9.06. The number of carbonyl (C=O) groups is 1. The van der Waals surface area contributed by atoms with E-state index in [0.717, 1.165) is 19.6 Å². The zero-order valence-electron chi connectivity index (χ0n) is 10.1. The number of hydrogen-bond donors (Lipinski definition) is 2. The minimum absolute atomic E-state index is 0.111. The third-order valence-corrected chi connectivity index (χ3v) is 1.90. The van der Waals surface area contributed by atoms with Gasteiger partial charge in [-0.25, -0.2) is 0 Å². The highest BCUT2D eigenvalue weighted by molar-refractivity contribution is 5.75. The van der Waals surface area contributed by atoms with Gasteiger partial charge in [-0.05, 0) is 13.3 Å². The molecule has 15 heavy (non-hydrogen) atoms. The molecule has 0 saturated carbocycles. The average Bonchev–Trinajstić information content (AvgIpc) is 2.19. The number of nitrogens with one attached hydrogen (secondary N) is 2. The van der Waals surface area contributed by atoms with Crippen LogP contribution in [-0.4, -0.2) is 38.3 Å². The Morgan fingerprint density at radius 1 is 1.33 bits per heavy atom. The van der Waals surface area contributed by atoms with Crippen LogP contribution >= 0.6 is 0 Å². The zero-order chi connectivity index (χ0) is 11.5. The molecule has 0 saturated heterocycles. The first kappa shape index (κ1) is 14.4. The second kappa shape index (κ2) is 9.93. The second-order valence-electron chi connectivity index (χ2n) is 3.76. The fourth-order valence-corrected chi connectivity index (χ4v) is 1.13. The molecule has 0 unspecified atom stereocenters. The first-order valence-corrected chi connectivity index (χ1v) is 5.74. The molecule has 0 aliphatic rings. The average molecular weight is 216 g/mol. The molecule has 90 valence electrons. The largest absolute Gasteiger partial charge is 0.382 e. The molecule has 0 aromatic rings. The molecule has 4 heteroatoms. The van der Waals surface area contributed by atoms with Crippen molar-refractivity contribution in [1.82, 2.24) is 10.6 Å². The van der Waals surface area contributed by atoms with Crippen molar-refractivity contribution in [3.05, 3.63) is 0 Å². The van der Waals surface area contributed by atoms with E-state index in [4.69, 9.17) is 4.74 Å². The van der Waals surface area contributed by atoms with Crippen molar-refractivity contribution in [3.8, 4) is 0 Å². The summed E-state index contributed by atoms with van der Waals surface area (Å²) in [6, 6.07) is 0.472. The predicted octanol–water partition coefficient (Wildman–Crippen LogP) is 0.917. The van der Waals surface area contributed by atoms with Crippen molar-refractivity contribution in [2.45, 2.75) is 39.7 Å². The Labute approximate surface area is 92.8 Å². The highest BCUT2D eigenvalue weighted by atomic mass is 16.5. The van der Waals surface area contributed by atoms with E-state index < -0.39 is 0 Å². The van der Waals surface area contributed by atoms with Crippen molar-refractivity contribution in [2.75, 3.05) is 26.3 Å². The van der Waals surface area contributed by atoms with E-state index in [0.29, 0.717) is 25.6 Å². The van der Waals surface area contributed by atoms with E-state index in [2.05, 4.69) is 24.5 Å². The molecule has 0 bridgehead atoms.